The zero-order chi connectivity index (χ0) is 13.7. The average molecular weight is 275 g/mol. The summed E-state index contributed by atoms with van der Waals surface area (Å²) in [6.45, 7) is 3.32. The maximum Gasteiger partial charge on any atom is 0.305 e. The van der Waals surface area contributed by atoms with Crippen molar-refractivity contribution < 1.29 is 9.90 Å². The number of hydrogen-bond donors (Lipinski definition) is 1. The topological polar surface area (TPSA) is 40.5 Å². The van der Waals surface area contributed by atoms with Crippen molar-refractivity contribution in [2.45, 2.75) is 19.9 Å². The number of carbonyl (C=O) groups is 1. The highest BCUT2D eigenvalue weighted by Crippen LogP contribution is 2.19. The second-order valence-electron chi connectivity index (χ2n) is 4.53. The van der Waals surface area contributed by atoms with E-state index in [4.69, 9.17) is 5.11 Å². The van der Waals surface area contributed by atoms with Crippen molar-refractivity contribution in [1.82, 2.24) is 0 Å². The van der Waals surface area contributed by atoms with E-state index in [9.17, 15) is 4.79 Å². The van der Waals surface area contributed by atoms with E-state index in [1.165, 1.54) is 11.1 Å². The fourth-order valence-corrected chi connectivity index (χ4v) is 2.55. The van der Waals surface area contributed by atoms with Gasteiger partial charge < -0.3 is 10.0 Å². The maximum absolute atomic E-state index is 10.8. The Balaban J connectivity index is 2.13. The average Bonchev–Trinajstić information content (AvgIpc) is 2.88. The summed E-state index contributed by atoms with van der Waals surface area (Å²) in [7, 11) is 0. The molecule has 0 atom stereocenters. The molecule has 1 N–H and O–H groups in total. The van der Waals surface area contributed by atoms with Crippen LogP contribution in [0.1, 0.15) is 17.5 Å². The molecule has 1 aromatic heterocycles. The van der Waals surface area contributed by atoms with Gasteiger partial charge in [0.1, 0.15) is 0 Å². The Hall–Kier alpha value is -1.81. The molecule has 0 radical (unpaired) electrons. The van der Waals surface area contributed by atoms with Crippen molar-refractivity contribution in [2.75, 3.05) is 11.4 Å². The minimum Gasteiger partial charge on any atom is -0.481 e. The van der Waals surface area contributed by atoms with Gasteiger partial charge in [-0.1, -0.05) is 17.7 Å². The number of rotatable bonds is 6. The first-order valence-electron chi connectivity index (χ1n) is 6.19. The predicted octanol–water partition coefficient (Wildman–Crippen LogP) is 3.54. The molecule has 0 saturated carbocycles. The number of benzene rings is 1. The van der Waals surface area contributed by atoms with Crippen molar-refractivity contribution in [3.63, 3.8) is 0 Å². The molecule has 19 heavy (non-hydrogen) atoms. The summed E-state index contributed by atoms with van der Waals surface area (Å²) in [6, 6.07) is 10.3. The van der Waals surface area contributed by atoms with E-state index in [1.807, 2.05) is 24.4 Å². The highest BCUT2D eigenvalue weighted by atomic mass is 32.1. The smallest absolute Gasteiger partial charge is 0.305 e. The summed E-state index contributed by atoms with van der Waals surface area (Å²) < 4.78 is 0. The van der Waals surface area contributed by atoms with Crippen molar-refractivity contribution in [3.05, 3.63) is 52.2 Å². The molecule has 0 fully saturated rings. The monoisotopic (exact) mass is 275 g/mol. The third kappa shape index (κ3) is 4.10. The van der Waals surface area contributed by atoms with Crippen molar-refractivity contribution in [2.24, 2.45) is 0 Å². The number of anilines is 1. The summed E-state index contributed by atoms with van der Waals surface area (Å²) in [5.41, 5.74) is 3.49. The van der Waals surface area contributed by atoms with E-state index < -0.39 is 5.97 Å². The molecule has 1 aromatic carbocycles. The SMILES string of the molecule is Cc1ccc(N(CCC(=O)O)Cc2ccsc2)cc1. The molecule has 2 aromatic rings. The van der Waals surface area contributed by atoms with Crippen molar-refractivity contribution in [3.8, 4) is 0 Å². The quantitative estimate of drug-likeness (QED) is 0.876. The first-order valence-corrected chi connectivity index (χ1v) is 7.14. The molecule has 0 saturated heterocycles. The lowest BCUT2D eigenvalue weighted by Crippen LogP contribution is -2.25. The number of aliphatic carboxylic acids is 1. The van der Waals surface area contributed by atoms with E-state index in [2.05, 4.69) is 28.5 Å². The summed E-state index contributed by atoms with van der Waals surface area (Å²) in [6.07, 6.45) is 0.151. The molecular weight excluding hydrogens is 258 g/mol. The van der Waals surface area contributed by atoms with Gasteiger partial charge in [-0.05, 0) is 41.4 Å². The van der Waals surface area contributed by atoms with Crippen molar-refractivity contribution >= 4 is 23.0 Å². The van der Waals surface area contributed by atoms with Gasteiger partial charge in [-0.3, -0.25) is 4.79 Å². The number of nitrogens with zero attached hydrogens (tertiary/aromatic N) is 1. The van der Waals surface area contributed by atoms with Gasteiger partial charge >= 0.3 is 5.97 Å². The van der Waals surface area contributed by atoms with Crippen LogP contribution in [-0.2, 0) is 11.3 Å². The van der Waals surface area contributed by atoms with Crippen LogP contribution in [0.5, 0.6) is 0 Å². The Morgan fingerprint density at radius 1 is 1.26 bits per heavy atom. The third-order valence-electron chi connectivity index (χ3n) is 2.95. The molecule has 2 rings (SSSR count). The fourth-order valence-electron chi connectivity index (χ4n) is 1.89. The predicted molar refractivity (Wildman–Crippen MR) is 78.8 cm³/mol. The lowest BCUT2D eigenvalue weighted by molar-refractivity contribution is -0.136. The van der Waals surface area contributed by atoms with Gasteiger partial charge in [-0.25, -0.2) is 0 Å². The molecular formula is C15H17NO2S. The maximum atomic E-state index is 10.8. The molecule has 0 aliphatic rings. The number of hydrogen-bond acceptors (Lipinski definition) is 3. The fraction of sp³-hybridized carbons (Fsp3) is 0.267. The highest BCUT2D eigenvalue weighted by molar-refractivity contribution is 7.07. The standard InChI is InChI=1S/C15H17NO2S/c1-12-2-4-14(5-3-12)16(8-6-15(17)18)10-13-7-9-19-11-13/h2-5,7,9,11H,6,8,10H2,1H3,(H,17,18). The number of carboxylic acid groups (broad SMARTS) is 1. The minimum absolute atomic E-state index is 0.151. The summed E-state index contributed by atoms with van der Waals surface area (Å²) in [4.78, 5) is 12.9. The van der Waals surface area contributed by atoms with Crippen LogP contribution < -0.4 is 4.90 Å². The Bertz CT molecular complexity index is 520. The molecule has 0 unspecified atom stereocenters. The van der Waals surface area contributed by atoms with E-state index in [0.29, 0.717) is 6.54 Å². The largest absolute Gasteiger partial charge is 0.481 e. The molecule has 4 heteroatoms. The zero-order valence-electron chi connectivity index (χ0n) is 10.9. The van der Waals surface area contributed by atoms with E-state index >= 15 is 0 Å². The van der Waals surface area contributed by atoms with Crippen LogP contribution in [0.25, 0.3) is 0 Å². The highest BCUT2D eigenvalue weighted by Gasteiger charge is 2.09. The van der Waals surface area contributed by atoms with E-state index in [1.54, 1.807) is 11.3 Å². The van der Waals surface area contributed by atoms with Gasteiger partial charge in [0, 0.05) is 18.8 Å². The minimum atomic E-state index is -0.762. The van der Waals surface area contributed by atoms with Crippen LogP contribution in [0.4, 0.5) is 5.69 Å². The lowest BCUT2D eigenvalue weighted by Gasteiger charge is -2.24. The second kappa shape index (κ2) is 6.38. The lowest BCUT2D eigenvalue weighted by atomic mass is 10.2. The molecule has 0 spiro atoms. The van der Waals surface area contributed by atoms with Crippen LogP contribution in [0, 0.1) is 6.92 Å². The first kappa shape index (κ1) is 13.6. The Morgan fingerprint density at radius 3 is 2.58 bits per heavy atom. The van der Waals surface area contributed by atoms with Gasteiger partial charge in [0.25, 0.3) is 0 Å². The summed E-state index contributed by atoms with van der Waals surface area (Å²) in [5.74, 6) is -0.762. The second-order valence-corrected chi connectivity index (χ2v) is 5.31. The van der Waals surface area contributed by atoms with Crippen LogP contribution in [0.15, 0.2) is 41.1 Å². The molecule has 1 heterocycles. The molecule has 0 aliphatic heterocycles. The van der Waals surface area contributed by atoms with Crippen LogP contribution >= 0.6 is 11.3 Å². The van der Waals surface area contributed by atoms with Crippen LogP contribution in [0.3, 0.4) is 0 Å². The molecule has 0 bridgehead atoms. The van der Waals surface area contributed by atoms with Gasteiger partial charge in [-0.2, -0.15) is 11.3 Å². The van der Waals surface area contributed by atoms with Crippen molar-refractivity contribution in [1.29, 1.82) is 0 Å². The third-order valence-corrected chi connectivity index (χ3v) is 3.68. The molecule has 0 aliphatic carbocycles. The zero-order valence-corrected chi connectivity index (χ0v) is 11.7. The summed E-state index contributed by atoms with van der Waals surface area (Å²) >= 11 is 1.66. The van der Waals surface area contributed by atoms with Gasteiger partial charge in [0.05, 0.1) is 6.42 Å². The van der Waals surface area contributed by atoms with Gasteiger partial charge in [0.2, 0.25) is 0 Å². The van der Waals surface area contributed by atoms with Gasteiger partial charge in [0.15, 0.2) is 0 Å². The number of carboxylic acids is 1. The van der Waals surface area contributed by atoms with E-state index in [0.717, 1.165) is 12.2 Å². The van der Waals surface area contributed by atoms with Crippen LogP contribution in [-0.4, -0.2) is 17.6 Å². The van der Waals surface area contributed by atoms with Crippen LogP contribution in [0.2, 0.25) is 0 Å². The van der Waals surface area contributed by atoms with Gasteiger partial charge in [-0.15, -0.1) is 0 Å². The normalized spacial score (nSPS) is 10.4. The van der Waals surface area contributed by atoms with E-state index in [-0.39, 0.29) is 6.42 Å². The number of thiophene rings is 1. The number of aryl methyl sites for hydroxylation is 1. The Kier molecular flexibility index (Phi) is 4.58. The molecule has 0 amide bonds. The summed E-state index contributed by atoms with van der Waals surface area (Å²) in [5, 5.41) is 13.0. The Labute approximate surface area is 117 Å². The molecule has 100 valence electrons. The Morgan fingerprint density at radius 2 is 2.00 bits per heavy atom. The first-order chi connectivity index (χ1) is 9.15. The molecule has 3 nitrogen and oxygen atoms in total.